The van der Waals surface area contributed by atoms with Gasteiger partial charge >= 0.3 is 0 Å². The Morgan fingerprint density at radius 2 is 1.83 bits per heavy atom. The first-order valence-electron chi connectivity index (χ1n) is 10.3. The van der Waals surface area contributed by atoms with Crippen LogP contribution in [0.15, 0.2) is 48.5 Å². The van der Waals surface area contributed by atoms with Crippen LogP contribution in [0.4, 0.5) is 0 Å². The average molecular weight is 431 g/mol. The van der Waals surface area contributed by atoms with E-state index >= 15 is 0 Å². The van der Waals surface area contributed by atoms with Crippen molar-refractivity contribution >= 4 is 23.4 Å². The van der Waals surface area contributed by atoms with Gasteiger partial charge in [-0.15, -0.1) is 0 Å². The second-order valence-electron chi connectivity index (χ2n) is 7.52. The van der Waals surface area contributed by atoms with Crippen LogP contribution in [0.1, 0.15) is 38.3 Å². The first kappa shape index (κ1) is 23.7. The second kappa shape index (κ2) is 11.6. The van der Waals surface area contributed by atoms with Gasteiger partial charge in [-0.05, 0) is 62.9 Å². The summed E-state index contributed by atoms with van der Waals surface area (Å²) in [6.07, 6.45) is 1.49. The summed E-state index contributed by atoms with van der Waals surface area (Å²) in [6, 6.07) is 14.6. The minimum absolute atomic E-state index is 0.0549. The van der Waals surface area contributed by atoms with Gasteiger partial charge < -0.3 is 15.0 Å². The monoisotopic (exact) mass is 430 g/mol. The molecule has 162 valence electrons. The highest BCUT2D eigenvalue weighted by Gasteiger charge is 2.26. The third-order valence-corrected chi connectivity index (χ3v) is 5.57. The smallest absolute Gasteiger partial charge is 0.261 e. The number of benzene rings is 2. The Labute approximate surface area is 184 Å². The molecule has 2 atom stereocenters. The zero-order chi connectivity index (χ0) is 22.1. The SMILES string of the molecule is CC[C@@H](C)NC(=O)[C@@H](C)N(CCc1ccccc1)C(=O)COc1ccc(Cl)c(C)c1. The normalized spacial score (nSPS) is 12.7. The molecule has 0 spiro atoms. The van der Waals surface area contributed by atoms with Gasteiger partial charge in [0.2, 0.25) is 5.91 Å². The molecule has 6 heteroatoms. The van der Waals surface area contributed by atoms with E-state index in [0.29, 0.717) is 23.7 Å². The molecule has 5 nitrogen and oxygen atoms in total. The number of carbonyl (C=O) groups is 2. The van der Waals surface area contributed by atoms with E-state index in [2.05, 4.69) is 5.32 Å². The largest absolute Gasteiger partial charge is 0.484 e. The summed E-state index contributed by atoms with van der Waals surface area (Å²) in [4.78, 5) is 27.2. The molecule has 0 radical (unpaired) electrons. The zero-order valence-corrected chi connectivity index (χ0v) is 18.9. The Bertz CT molecular complexity index is 842. The average Bonchev–Trinajstić information content (AvgIpc) is 2.75. The number of amides is 2. The Balaban J connectivity index is 2.08. The molecular weight excluding hydrogens is 400 g/mol. The predicted octanol–water partition coefficient (Wildman–Crippen LogP) is 4.40. The van der Waals surface area contributed by atoms with E-state index in [0.717, 1.165) is 17.5 Å². The van der Waals surface area contributed by atoms with Crippen molar-refractivity contribution in [2.24, 2.45) is 0 Å². The molecule has 0 fully saturated rings. The number of nitrogens with zero attached hydrogens (tertiary/aromatic N) is 1. The third-order valence-electron chi connectivity index (χ3n) is 5.14. The lowest BCUT2D eigenvalue weighted by Crippen LogP contribution is -2.51. The van der Waals surface area contributed by atoms with Gasteiger partial charge in [-0.2, -0.15) is 0 Å². The van der Waals surface area contributed by atoms with Crippen LogP contribution in [0.5, 0.6) is 5.75 Å². The number of nitrogens with one attached hydrogen (secondary N) is 1. The highest BCUT2D eigenvalue weighted by Crippen LogP contribution is 2.21. The number of halogens is 1. The fourth-order valence-corrected chi connectivity index (χ4v) is 3.09. The van der Waals surface area contributed by atoms with E-state index in [9.17, 15) is 9.59 Å². The predicted molar refractivity (Wildman–Crippen MR) is 121 cm³/mol. The van der Waals surface area contributed by atoms with Gasteiger partial charge in [0, 0.05) is 17.6 Å². The fraction of sp³-hybridized carbons (Fsp3) is 0.417. The van der Waals surface area contributed by atoms with Crippen molar-refractivity contribution in [2.75, 3.05) is 13.2 Å². The molecule has 0 saturated heterocycles. The number of aryl methyl sites for hydroxylation is 1. The maximum Gasteiger partial charge on any atom is 0.261 e. The summed E-state index contributed by atoms with van der Waals surface area (Å²) in [5, 5.41) is 3.61. The molecule has 0 saturated carbocycles. The lowest BCUT2D eigenvalue weighted by molar-refractivity contribution is -0.141. The Morgan fingerprint density at radius 1 is 1.13 bits per heavy atom. The molecule has 30 heavy (non-hydrogen) atoms. The molecule has 2 aromatic carbocycles. The van der Waals surface area contributed by atoms with E-state index in [1.165, 1.54) is 0 Å². The van der Waals surface area contributed by atoms with Crippen LogP contribution in [0.2, 0.25) is 5.02 Å². The molecule has 0 aliphatic carbocycles. The number of ether oxygens (including phenoxy) is 1. The highest BCUT2D eigenvalue weighted by molar-refractivity contribution is 6.31. The minimum atomic E-state index is -0.592. The van der Waals surface area contributed by atoms with Gasteiger partial charge in [0.05, 0.1) is 0 Å². The Morgan fingerprint density at radius 3 is 2.47 bits per heavy atom. The molecular formula is C24H31ClN2O3. The third kappa shape index (κ3) is 7.06. The summed E-state index contributed by atoms with van der Waals surface area (Å²) in [7, 11) is 0. The van der Waals surface area contributed by atoms with E-state index < -0.39 is 6.04 Å². The maximum atomic E-state index is 13.0. The Hall–Kier alpha value is -2.53. The second-order valence-corrected chi connectivity index (χ2v) is 7.92. The van der Waals surface area contributed by atoms with Gasteiger partial charge in [-0.25, -0.2) is 0 Å². The number of carbonyl (C=O) groups excluding carboxylic acids is 2. The summed E-state index contributed by atoms with van der Waals surface area (Å²) >= 11 is 6.05. The van der Waals surface area contributed by atoms with Crippen LogP contribution >= 0.6 is 11.6 Å². The standard InChI is InChI=1S/C24H31ClN2O3/c1-5-18(3)26-24(29)19(4)27(14-13-20-9-7-6-8-10-20)23(28)16-30-21-11-12-22(25)17(2)15-21/h6-12,15,18-19H,5,13-14,16H2,1-4H3,(H,26,29)/t18-,19-/m1/s1. The van der Waals surface area contributed by atoms with E-state index in [-0.39, 0.29) is 24.5 Å². The van der Waals surface area contributed by atoms with Gasteiger partial charge in [-0.1, -0.05) is 48.9 Å². The molecule has 2 amide bonds. The van der Waals surface area contributed by atoms with Crippen molar-refractivity contribution in [2.45, 2.75) is 52.6 Å². The van der Waals surface area contributed by atoms with Crippen LogP contribution in [0.25, 0.3) is 0 Å². The van der Waals surface area contributed by atoms with Crippen molar-refractivity contribution in [1.82, 2.24) is 10.2 Å². The fourth-order valence-electron chi connectivity index (χ4n) is 2.97. The topological polar surface area (TPSA) is 58.6 Å². The lowest BCUT2D eigenvalue weighted by atomic mass is 10.1. The Kier molecular flexibility index (Phi) is 9.18. The molecule has 2 rings (SSSR count). The molecule has 0 heterocycles. The maximum absolute atomic E-state index is 13.0. The van der Waals surface area contributed by atoms with Crippen LogP contribution in [0, 0.1) is 6.92 Å². The molecule has 2 aromatic rings. The molecule has 1 N–H and O–H groups in total. The van der Waals surface area contributed by atoms with E-state index in [4.69, 9.17) is 16.3 Å². The molecule has 0 aromatic heterocycles. The number of hydrogen-bond donors (Lipinski definition) is 1. The van der Waals surface area contributed by atoms with Crippen molar-refractivity contribution in [3.8, 4) is 5.75 Å². The first-order valence-corrected chi connectivity index (χ1v) is 10.7. The van der Waals surface area contributed by atoms with Crippen LogP contribution in [-0.2, 0) is 16.0 Å². The van der Waals surface area contributed by atoms with Gasteiger partial charge in [0.25, 0.3) is 5.91 Å². The zero-order valence-electron chi connectivity index (χ0n) is 18.2. The van der Waals surface area contributed by atoms with Crippen LogP contribution in [0.3, 0.4) is 0 Å². The number of hydrogen-bond acceptors (Lipinski definition) is 3. The van der Waals surface area contributed by atoms with E-state index in [1.54, 1.807) is 30.0 Å². The van der Waals surface area contributed by atoms with E-state index in [1.807, 2.05) is 51.1 Å². The minimum Gasteiger partial charge on any atom is -0.484 e. The van der Waals surface area contributed by atoms with Crippen molar-refractivity contribution in [1.29, 1.82) is 0 Å². The molecule has 0 aliphatic heterocycles. The summed E-state index contributed by atoms with van der Waals surface area (Å²) in [5.41, 5.74) is 1.99. The molecule has 0 aliphatic rings. The van der Waals surface area contributed by atoms with Gasteiger partial charge in [0.15, 0.2) is 6.61 Å². The first-order chi connectivity index (χ1) is 14.3. The number of rotatable bonds is 10. The molecule has 0 unspecified atom stereocenters. The highest BCUT2D eigenvalue weighted by atomic mass is 35.5. The van der Waals surface area contributed by atoms with Gasteiger partial charge in [0.1, 0.15) is 11.8 Å². The summed E-state index contributed by atoms with van der Waals surface area (Å²) in [5.74, 6) is 0.184. The van der Waals surface area contributed by atoms with Crippen molar-refractivity contribution < 1.29 is 14.3 Å². The van der Waals surface area contributed by atoms with Crippen molar-refractivity contribution in [3.05, 3.63) is 64.7 Å². The van der Waals surface area contributed by atoms with Crippen LogP contribution in [-0.4, -0.2) is 41.9 Å². The van der Waals surface area contributed by atoms with Crippen LogP contribution < -0.4 is 10.1 Å². The summed E-state index contributed by atoms with van der Waals surface area (Å²) < 4.78 is 5.69. The van der Waals surface area contributed by atoms with Gasteiger partial charge in [-0.3, -0.25) is 9.59 Å². The molecule has 0 bridgehead atoms. The summed E-state index contributed by atoms with van der Waals surface area (Å²) in [6.45, 7) is 7.89. The lowest BCUT2D eigenvalue weighted by Gasteiger charge is -2.29. The quantitative estimate of drug-likeness (QED) is 0.607. The van der Waals surface area contributed by atoms with Crippen molar-refractivity contribution in [3.63, 3.8) is 0 Å².